The molecule has 4 nitrogen and oxygen atoms in total. The highest BCUT2D eigenvalue weighted by atomic mass is 16.5. The van der Waals surface area contributed by atoms with Crippen molar-refractivity contribution >= 4 is 11.6 Å². The molecular formula is C13H15NO3. The van der Waals surface area contributed by atoms with Gasteiger partial charge in [0.15, 0.2) is 0 Å². The van der Waals surface area contributed by atoms with Crippen molar-refractivity contribution in [2.24, 2.45) is 0 Å². The molecule has 0 unspecified atom stereocenters. The molecule has 0 fully saturated rings. The van der Waals surface area contributed by atoms with E-state index in [1.54, 1.807) is 12.1 Å². The molecule has 90 valence electrons. The number of benzene rings is 1. The van der Waals surface area contributed by atoms with Gasteiger partial charge in [-0.3, -0.25) is 4.79 Å². The van der Waals surface area contributed by atoms with E-state index in [0.29, 0.717) is 5.69 Å². The SMILES string of the molecule is COCC(=O)Nc1ccc(C#CCO)c(C)c1. The number of carbonyl (C=O) groups is 1. The minimum atomic E-state index is -0.193. The van der Waals surface area contributed by atoms with Crippen molar-refractivity contribution in [3.8, 4) is 11.8 Å². The first kappa shape index (κ1) is 13.2. The molecule has 2 N–H and O–H groups in total. The van der Waals surface area contributed by atoms with Crippen LogP contribution in [0.5, 0.6) is 0 Å². The van der Waals surface area contributed by atoms with Gasteiger partial charge in [-0.2, -0.15) is 0 Å². The van der Waals surface area contributed by atoms with Gasteiger partial charge < -0.3 is 15.2 Å². The Labute approximate surface area is 101 Å². The molecule has 0 radical (unpaired) electrons. The molecule has 17 heavy (non-hydrogen) atoms. The summed E-state index contributed by atoms with van der Waals surface area (Å²) >= 11 is 0. The zero-order chi connectivity index (χ0) is 12.7. The van der Waals surface area contributed by atoms with E-state index in [0.717, 1.165) is 11.1 Å². The summed E-state index contributed by atoms with van der Waals surface area (Å²) in [5.74, 6) is 5.22. The number of rotatable bonds is 3. The van der Waals surface area contributed by atoms with Crippen molar-refractivity contribution in [1.29, 1.82) is 0 Å². The maximum Gasteiger partial charge on any atom is 0.250 e. The summed E-state index contributed by atoms with van der Waals surface area (Å²) in [7, 11) is 1.47. The number of nitrogens with one attached hydrogen (secondary N) is 1. The lowest BCUT2D eigenvalue weighted by molar-refractivity contribution is -0.119. The van der Waals surface area contributed by atoms with Gasteiger partial charge >= 0.3 is 0 Å². The van der Waals surface area contributed by atoms with Gasteiger partial charge in [0.25, 0.3) is 0 Å². The first-order valence-corrected chi connectivity index (χ1v) is 5.16. The van der Waals surface area contributed by atoms with Crippen LogP contribution in [0.15, 0.2) is 18.2 Å². The van der Waals surface area contributed by atoms with Crippen molar-refractivity contribution in [3.05, 3.63) is 29.3 Å². The fourth-order valence-electron chi connectivity index (χ4n) is 1.34. The van der Waals surface area contributed by atoms with Crippen LogP contribution >= 0.6 is 0 Å². The van der Waals surface area contributed by atoms with Crippen LogP contribution < -0.4 is 5.32 Å². The predicted octanol–water partition coefficient (Wildman–Crippen LogP) is 0.924. The van der Waals surface area contributed by atoms with Crippen LogP contribution in [0.2, 0.25) is 0 Å². The Morgan fingerprint density at radius 3 is 2.88 bits per heavy atom. The third kappa shape index (κ3) is 4.27. The molecule has 1 rings (SSSR count). The smallest absolute Gasteiger partial charge is 0.250 e. The van der Waals surface area contributed by atoms with Crippen LogP contribution in [0.4, 0.5) is 5.69 Å². The van der Waals surface area contributed by atoms with Gasteiger partial charge in [-0.05, 0) is 30.7 Å². The molecular weight excluding hydrogens is 218 g/mol. The van der Waals surface area contributed by atoms with E-state index in [2.05, 4.69) is 17.2 Å². The average molecular weight is 233 g/mol. The lowest BCUT2D eigenvalue weighted by Gasteiger charge is -2.06. The highest BCUT2D eigenvalue weighted by Gasteiger charge is 2.02. The predicted molar refractivity (Wildman–Crippen MR) is 65.6 cm³/mol. The van der Waals surface area contributed by atoms with E-state index in [-0.39, 0.29) is 19.1 Å². The molecule has 1 amide bonds. The molecule has 0 aliphatic carbocycles. The Kier molecular flexibility index (Phi) is 5.21. The molecule has 0 saturated heterocycles. The Balaban J connectivity index is 2.78. The van der Waals surface area contributed by atoms with Gasteiger partial charge in [0, 0.05) is 18.4 Å². The average Bonchev–Trinajstić information content (AvgIpc) is 2.28. The standard InChI is InChI=1S/C13H15NO3/c1-10-8-12(14-13(16)9-17-2)6-5-11(10)4-3-7-15/h5-6,8,15H,7,9H2,1-2H3,(H,14,16). The number of amides is 1. The first-order valence-electron chi connectivity index (χ1n) is 5.16. The number of ether oxygens (including phenoxy) is 1. The molecule has 1 aromatic rings. The molecule has 0 saturated carbocycles. The van der Waals surface area contributed by atoms with Gasteiger partial charge in [0.05, 0.1) is 0 Å². The fraction of sp³-hybridized carbons (Fsp3) is 0.308. The van der Waals surface area contributed by atoms with E-state index >= 15 is 0 Å². The van der Waals surface area contributed by atoms with Crippen LogP contribution in [0.25, 0.3) is 0 Å². The van der Waals surface area contributed by atoms with Crippen LogP contribution in [-0.2, 0) is 9.53 Å². The monoisotopic (exact) mass is 233 g/mol. The zero-order valence-electron chi connectivity index (χ0n) is 9.91. The number of aliphatic hydroxyl groups is 1. The second-order valence-electron chi connectivity index (χ2n) is 3.47. The highest BCUT2D eigenvalue weighted by Crippen LogP contribution is 2.14. The van der Waals surface area contributed by atoms with E-state index < -0.39 is 0 Å². The molecule has 0 aliphatic heterocycles. The molecule has 0 heterocycles. The molecule has 1 aromatic carbocycles. The molecule has 0 aromatic heterocycles. The number of aryl methyl sites for hydroxylation is 1. The van der Waals surface area contributed by atoms with Crippen LogP contribution in [0, 0.1) is 18.8 Å². The summed E-state index contributed by atoms with van der Waals surface area (Å²) in [5, 5.41) is 11.3. The second kappa shape index (κ2) is 6.69. The molecule has 0 spiro atoms. The van der Waals surface area contributed by atoms with Gasteiger partial charge in [-0.15, -0.1) is 0 Å². The minimum absolute atomic E-state index is 0.0329. The number of carbonyl (C=O) groups excluding carboxylic acids is 1. The van der Waals surface area contributed by atoms with Crippen LogP contribution in [-0.4, -0.2) is 31.3 Å². The lowest BCUT2D eigenvalue weighted by atomic mass is 10.1. The first-order chi connectivity index (χ1) is 8.17. The van der Waals surface area contributed by atoms with Gasteiger partial charge in [-0.1, -0.05) is 11.8 Å². The Morgan fingerprint density at radius 2 is 2.29 bits per heavy atom. The van der Waals surface area contributed by atoms with Gasteiger partial charge in [0.1, 0.15) is 13.2 Å². The number of hydrogen-bond acceptors (Lipinski definition) is 3. The Morgan fingerprint density at radius 1 is 1.53 bits per heavy atom. The second-order valence-corrected chi connectivity index (χ2v) is 3.47. The summed E-state index contributed by atoms with van der Waals surface area (Å²) in [4.78, 5) is 11.3. The molecule has 4 heteroatoms. The van der Waals surface area contributed by atoms with Crippen molar-refractivity contribution in [2.45, 2.75) is 6.92 Å². The van der Waals surface area contributed by atoms with E-state index in [9.17, 15) is 4.79 Å². The third-order valence-corrected chi connectivity index (χ3v) is 2.09. The quantitative estimate of drug-likeness (QED) is 0.763. The van der Waals surface area contributed by atoms with Gasteiger partial charge in [0.2, 0.25) is 5.91 Å². The maximum atomic E-state index is 11.3. The summed E-state index contributed by atoms with van der Waals surface area (Å²) in [6.45, 7) is 1.77. The normalized spacial score (nSPS) is 9.35. The van der Waals surface area contributed by atoms with Gasteiger partial charge in [-0.25, -0.2) is 0 Å². The highest BCUT2D eigenvalue weighted by molar-refractivity contribution is 5.91. The zero-order valence-corrected chi connectivity index (χ0v) is 9.91. The molecule has 0 atom stereocenters. The number of aliphatic hydroxyl groups excluding tert-OH is 1. The largest absolute Gasteiger partial charge is 0.384 e. The summed E-state index contributed by atoms with van der Waals surface area (Å²) in [6, 6.07) is 5.40. The van der Waals surface area contributed by atoms with E-state index in [1.165, 1.54) is 7.11 Å². The van der Waals surface area contributed by atoms with Crippen LogP contribution in [0.3, 0.4) is 0 Å². The van der Waals surface area contributed by atoms with Crippen molar-refractivity contribution in [3.63, 3.8) is 0 Å². The van der Waals surface area contributed by atoms with Crippen molar-refractivity contribution < 1.29 is 14.6 Å². The topological polar surface area (TPSA) is 58.6 Å². The third-order valence-electron chi connectivity index (χ3n) is 2.09. The molecule has 0 bridgehead atoms. The Hall–Kier alpha value is -1.83. The summed E-state index contributed by atoms with van der Waals surface area (Å²) < 4.78 is 4.72. The van der Waals surface area contributed by atoms with Crippen LogP contribution in [0.1, 0.15) is 11.1 Å². The summed E-state index contributed by atoms with van der Waals surface area (Å²) in [5.41, 5.74) is 2.49. The minimum Gasteiger partial charge on any atom is -0.384 e. The van der Waals surface area contributed by atoms with E-state index in [4.69, 9.17) is 9.84 Å². The molecule has 0 aliphatic rings. The number of anilines is 1. The maximum absolute atomic E-state index is 11.3. The van der Waals surface area contributed by atoms with Crippen molar-refractivity contribution in [2.75, 3.05) is 25.6 Å². The number of hydrogen-bond donors (Lipinski definition) is 2. The van der Waals surface area contributed by atoms with Crippen molar-refractivity contribution in [1.82, 2.24) is 0 Å². The Bertz CT molecular complexity index is 457. The lowest BCUT2D eigenvalue weighted by Crippen LogP contribution is -2.17. The number of methoxy groups -OCH3 is 1. The summed E-state index contributed by atoms with van der Waals surface area (Å²) in [6.07, 6.45) is 0. The fourth-order valence-corrected chi connectivity index (χ4v) is 1.34. The van der Waals surface area contributed by atoms with E-state index in [1.807, 2.05) is 13.0 Å².